The fourth-order valence-electron chi connectivity index (χ4n) is 2.50. The van der Waals surface area contributed by atoms with Crippen LogP contribution in [0.2, 0.25) is 0 Å². The van der Waals surface area contributed by atoms with Crippen LogP contribution in [0, 0.1) is 5.82 Å². The molecule has 4 heteroatoms. The lowest BCUT2D eigenvalue weighted by Crippen LogP contribution is -2.26. The van der Waals surface area contributed by atoms with Crippen LogP contribution >= 0.6 is 0 Å². The Bertz CT molecular complexity index is 656. The molecular weight excluding hydrogens is 271 g/mol. The average molecular weight is 286 g/mol. The third kappa shape index (κ3) is 2.75. The van der Waals surface area contributed by atoms with Gasteiger partial charge in [-0.1, -0.05) is 24.3 Å². The van der Waals surface area contributed by atoms with E-state index in [1.54, 1.807) is 6.07 Å². The second-order valence-electron chi connectivity index (χ2n) is 5.03. The Morgan fingerprint density at radius 3 is 2.86 bits per heavy atom. The summed E-state index contributed by atoms with van der Waals surface area (Å²) in [6.07, 6.45) is 0.250. The van der Waals surface area contributed by atoms with Crippen molar-refractivity contribution in [3.05, 3.63) is 59.4 Å². The Balaban J connectivity index is 1.69. The van der Waals surface area contributed by atoms with Gasteiger partial charge in [-0.3, -0.25) is 4.79 Å². The van der Waals surface area contributed by atoms with Gasteiger partial charge in [0.15, 0.2) is 23.5 Å². The molecular formula is C17H15FO3. The number of ketones is 1. The van der Waals surface area contributed by atoms with Crippen molar-refractivity contribution < 1.29 is 18.7 Å². The number of carbonyl (C=O) groups excluding carboxylic acids is 1. The van der Waals surface area contributed by atoms with E-state index in [9.17, 15) is 9.18 Å². The number of hydrogen-bond donors (Lipinski definition) is 0. The van der Waals surface area contributed by atoms with E-state index in [-0.39, 0.29) is 18.0 Å². The second kappa shape index (κ2) is 5.56. The van der Waals surface area contributed by atoms with Crippen molar-refractivity contribution in [2.24, 2.45) is 0 Å². The fourth-order valence-corrected chi connectivity index (χ4v) is 2.50. The Kier molecular flexibility index (Phi) is 3.60. The highest BCUT2D eigenvalue weighted by Crippen LogP contribution is 2.29. The largest absolute Gasteiger partial charge is 0.494 e. The molecule has 1 aliphatic heterocycles. The van der Waals surface area contributed by atoms with Crippen molar-refractivity contribution in [1.82, 2.24) is 0 Å². The van der Waals surface area contributed by atoms with Crippen molar-refractivity contribution in [1.29, 1.82) is 0 Å². The zero-order chi connectivity index (χ0) is 14.8. The molecule has 3 nitrogen and oxygen atoms in total. The number of hydrogen-bond acceptors (Lipinski definition) is 3. The van der Waals surface area contributed by atoms with Crippen molar-refractivity contribution in [2.45, 2.75) is 18.9 Å². The number of halogens is 1. The van der Waals surface area contributed by atoms with Crippen molar-refractivity contribution >= 4 is 5.78 Å². The molecule has 0 bridgehead atoms. The van der Waals surface area contributed by atoms with Gasteiger partial charge in [0.1, 0.15) is 5.75 Å². The fraction of sp³-hybridized carbons (Fsp3) is 0.235. The summed E-state index contributed by atoms with van der Waals surface area (Å²) in [5.41, 5.74) is 1.66. The number of benzene rings is 2. The van der Waals surface area contributed by atoms with E-state index >= 15 is 0 Å². The Morgan fingerprint density at radius 2 is 2.14 bits per heavy atom. The third-order valence-electron chi connectivity index (χ3n) is 3.60. The minimum atomic E-state index is -0.479. The summed E-state index contributed by atoms with van der Waals surface area (Å²) in [4.78, 5) is 12.3. The number of methoxy groups -OCH3 is 1. The lowest BCUT2D eigenvalue weighted by Gasteiger charge is -2.10. The van der Waals surface area contributed by atoms with Crippen molar-refractivity contribution in [2.75, 3.05) is 7.11 Å². The van der Waals surface area contributed by atoms with Gasteiger partial charge in [-0.25, -0.2) is 4.39 Å². The highest BCUT2D eigenvalue weighted by atomic mass is 19.1. The summed E-state index contributed by atoms with van der Waals surface area (Å²) in [7, 11) is 1.41. The molecule has 2 aromatic carbocycles. The number of carbonyl (C=O) groups is 1. The van der Waals surface area contributed by atoms with Crippen LogP contribution in [0.5, 0.6) is 11.5 Å². The van der Waals surface area contributed by atoms with Gasteiger partial charge in [0, 0.05) is 12.8 Å². The summed E-state index contributed by atoms with van der Waals surface area (Å²) in [6.45, 7) is 0. The van der Waals surface area contributed by atoms with Gasteiger partial charge in [0.05, 0.1) is 7.11 Å². The maximum Gasteiger partial charge on any atom is 0.177 e. The molecule has 0 N–H and O–H groups in total. The maximum absolute atomic E-state index is 13.6. The summed E-state index contributed by atoms with van der Waals surface area (Å²) in [5, 5.41) is 0. The smallest absolute Gasteiger partial charge is 0.177 e. The lowest BCUT2D eigenvalue weighted by molar-refractivity contribution is -0.124. The van der Waals surface area contributed by atoms with Gasteiger partial charge in [-0.15, -0.1) is 0 Å². The third-order valence-corrected chi connectivity index (χ3v) is 3.60. The van der Waals surface area contributed by atoms with E-state index in [1.807, 2.05) is 24.3 Å². The van der Waals surface area contributed by atoms with E-state index < -0.39 is 11.9 Å². The summed E-state index contributed by atoms with van der Waals surface area (Å²) in [6, 6.07) is 12.2. The number of para-hydroxylation sites is 1. The predicted octanol–water partition coefficient (Wildman–Crippen LogP) is 2.95. The second-order valence-corrected chi connectivity index (χ2v) is 5.03. The van der Waals surface area contributed by atoms with Gasteiger partial charge in [-0.2, -0.15) is 0 Å². The molecule has 21 heavy (non-hydrogen) atoms. The highest BCUT2D eigenvalue weighted by molar-refractivity contribution is 5.86. The van der Waals surface area contributed by atoms with E-state index in [4.69, 9.17) is 9.47 Å². The molecule has 3 rings (SSSR count). The van der Waals surface area contributed by atoms with E-state index in [0.717, 1.165) is 11.3 Å². The van der Waals surface area contributed by atoms with E-state index in [1.165, 1.54) is 19.2 Å². The minimum absolute atomic E-state index is 0.0456. The average Bonchev–Trinajstić information content (AvgIpc) is 2.91. The predicted molar refractivity (Wildman–Crippen MR) is 76.2 cm³/mol. The first-order valence-electron chi connectivity index (χ1n) is 6.77. The van der Waals surface area contributed by atoms with Gasteiger partial charge < -0.3 is 9.47 Å². The molecule has 0 spiro atoms. The van der Waals surface area contributed by atoms with Crippen LogP contribution in [0.15, 0.2) is 42.5 Å². The summed E-state index contributed by atoms with van der Waals surface area (Å²) in [5.74, 6) is 0.432. The van der Waals surface area contributed by atoms with Gasteiger partial charge in [-0.05, 0) is 29.3 Å². The quantitative estimate of drug-likeness (QED) is 0.867. The molecule has 1 unspecified atom stereocenters. The van der Waals surface area contributed by atoms with Crippen LogP contribution in [-0.4, -0.2) is 19.0 Å². The van der Waals surface area contributed by atoms with Crippen LogP contribution in [0.4, 0.5) is 4.39 Å². The van der Waals surface area contributed by atoms with Gasteiger partial charge >= 0.3 is 0 Å². The van der Waals surface area contributed by atoms with E-state index in [0.29, 0.717) is 12.0 Å². The summed E-state index contributed by atoms with van der Waals surface area (Å²) >= 11 is 0. The van der Waals surface area contributed by atoms with Gasteiger partial charge in [0.25, 0.3) is 0 Å². The number of Topliss-reactive ketones (excluding diaryl/α,β-unsaturated/α-hetero) is 1. The zero-order valence-electron chi connectivity index (χ0n) is 11.6. The monoisotopic (exact) mass is 286 g/mol. The Labute approximate surface area is 122 Å². The molecule has 108 valence electrons. The molecule has 2 aromatic rings. The number of rotatable bonds is 4. The first kappa shape index (κ1) is 13.6. The highest BCUT2D eigenvalue weighted by Gasteiger charge is 2.28. The van der Waals surface area contributed by atoms with Crippen LogP contribution in [0.1, 0.15) is 11.1 Å². The van der Waals surface area contributed by atoms with Crippen LogP contribution < -0.4 is 9.47 Å². The summed E-state index contributed by atoms with van der Waals surface area (Å²) < 4.78 is 24.1. The Morgan fingerprint density at radius 1 is 1.33 bits per heavy atom. The first-order valence-corrected chi connectivity index (χ1v) is 6.77. The van der Waals surface area contributed by atoms with Crippen LogP contribution in [0.3, 0.4) is 0 Å². The molecule has 1 heterocycles. The molecule has 1 aliphatic rings. The minimum Gasteiger partial charge on any atom is -0.494 e. The molecule has 0 saturated heterocycles. The molecule has 0 amide bonds. The Hall–Kier alpha value is -2.36. The van der Waals surface area contributed by atoms with Crippen molar-refractivity contribution in [3.63, 3.8) is 0 Å². The maximum atomic E-state index is 13.6. The van der Waals surface area contributed by atoms with Crippen LogP contribution in [-0.2, 0) is 17.6 Å². The zero-order valence-corrected chi connectivity index (χ0v) is 11.6. The lowest BCUT2D eigenvalue weighted by atomic mass is 10.0. The molecule has 0 aliphatic carbocycles. The van der Waals surface area contributed by atoms with Crippen molar-refractivity contribution in [3.8, 4) is 11.5 Å². The molecule has 1 atom stereocenters. The first-order chi connectivity index (χ1) is 10.2. The molecule has 0 aromatic heterocycles. The SMILES string of the molecule is COc1ccc(CC(=O)C2Cc3ccccc3O2)cc1F. The molecule has 0 fully saturated rings. The van der Waals surface area contributed by atoms with Gasteiger partial charge in [0.2, 0.25) is 0 Å². The van der Waals surface area contributed by atoms with E-state index in [2.05, 4.69) is 0 Å². The topological polar surface area (TPSA) is 35.5 Å². The molecule has 0 radical (unpaired) electrons. The standard InChI is InChI=1S/C17H15FO3/c1-20-16-7-6-11(8-13(16)18)9-14(19)17-10-12-4-2-3-5-15(12)21-17/h2-8,17H,9-10H2,1H3. The number of ether oxygens (including phenoxy) is 2. The normalized spacial score (nSPS) is 16.2. The number of fused-ring (bicyclic) bond motifs is 1. The van der Waals surface area contributed by atoms with Crippen LogP contribution in [0.25, 0.3) is 0 Å². The molecule has 0 saturated carbocycles.